The summed E-state index contributed by atoms with van der Waals surface area (Å²) in [6, 6.07) is 14.4. The summed E-state index contributed by atoms with van der Waals surface area (Å²) in [5.41, 5.74) is 2.23. The molecule has 1 saturated heterocycles. The molecule has 1 heterocycles. The third-order valence-electron chi connectivity index (χ3n) is 5.44. The van der Waals surface area contributed by atoms with E-state index in [0.717, 1.165) is 66.9 Å². The van der Waals surface area contributed by atoms with Crippen LogP contribution in [0.5, 0.6) is 17.2 Å². The van der Waals surface area contributed by atoms with Gasteiger partial charge in [0.25, 0.3) is 0 Å². The van der Waals surface area contributed by atoms with Crippen molar-refractivity contribution in [3.63, 3.8) is 0 Å². The van der Waals surface area contributed by atoms with Crippen molar-refractivity contribution < 1.29 is 14.2 Å². The zero-order chi connectivity index (χ0) is 22.1. The molecule has 1 unspecified atom stereocenters. The van der Waals surface area contributed by atoms with Crippen molar-refractivity contribution >= 4 is 35.6 Å². The number of hydrogen-bond donors (Lipinski definition) is 2. The van der Waals surface area contributed by atoms with Crippen LogP contribution in [0.2, 0.25) is 0 Å². The number of rotatable bonds is 9. The molecule has 0 radical (unpaired) electrons. The minimum absolute atomic E-state index is 0. The van der Waals surface area contributed by atoms with Crippen molar-refractivity contribution in [2.45, 2.75) is 25.8 Å². The molecule has 0 spiro atoms. The summed E-state index contributed by atoms with van der Waals surface area (Å²) >= 11 is 0. The van der Waals surface area contributed by atoms with Crippen LogP contribution in [0.4, 0.5) is 5.69 Å². The Morgan fingerprint density at radius 1 is 1.06 bits per heavy atom. The van der Waals surface area contributed by atoms with Crippen molar-refractivity contribution in [1.29, 1.82) is 0 Å². The molecule has 2 aromatic rings. The molecule has 0 bridgehead atoms. The van der Waals surface area contributed by atoms with Crippen LogP contribution in [0.25, 0.3) is 0 Å². The van der Waals surface area contributed by atoms with Gasteiger partial charge in [-0.15, -0.1) is 24.0 Å². The number of halogens is 1. The Morgan fingerprint density at radius 2 is 1.84 bits per heavy atom. The normalized spacial score (nSPS) is 15.7. The SMILES string of the molecule is CCNC(=NCCc1cc(OC)ccc1OC)NC1CCN(c2ccccc2OC)C1.I. The van der Waals surface area contributed by atoms with Gasteiger partial charge >= 0.3 is 0 Å². The van der Waals surface area contributed by atoms with Crippen LogP contribution < -0.4 is 29.7 Å². The molecule has 2 aromatic carbocycles. The van der Waals surface area contributed by atoms with Gasteiger partial charge in [0, 0.05) is 32.2 Å². The molecule has 0 aromatic heterocycles. The molecule has 176 valence electrons. The van der Waals surface area contributed by atoms with E-state index in [1.54, 1.807) is 21.3 Å². The first kappa shape index (κ1) is 25.9. The molecule has 7 nitrogen and oxygen atoms in total. The molecule has 1 atom stereocenters. The van der Waals surface area contributed by atoms with Gasteiger partial charge in [0.05, 0.1) is 27.0 Å². The van der Waals surface area contributed by atoms with Crippen molar-refractivity contribution in [3.8, 4) is 17.2 Å². The van der Waals surface area contributed by atoms with Crippen molar-refractivity contribution in [3.05, 3.63) is 48.0 Å². The highest BCUT2D eigenvalue weighted by Gasteiger charge is 2.25. The van der Waals surface area contributed by atoms with Gasteiger partial charge in [0.2, 0.25) is 0 Å². The van der Waals surface area contributed by atoms with Crippen LogP contribution in [0.3, 0.4) is 0 Å². The summed E-state index contributed by atoms with van der Waals surface area (Å²) in [5.74, 6) is 3.44. The average Bonchev–Trinajstić information content (AvgIpc) is 3.27. The van der Waals surface area contributed by atoms with E-state index in [4.69, 9.17) is 19.2 Å². The van der Waals surface area contributed by atoms with Gasteiger partial charge in [0.1, 0.15) is 17.2 Å². The Morgan fingerprint density at radius 3 is 2.56 bits per heavy atom. The Bertz CT molecular complexity index is 878. The molecule has 8 heteroatoms. The number of guanidine groups is 1. The van der Waals surface area contributed by atoms with Gasteiger partial charge in [-0.05, 0) is 55.7 Å². The molecule has 3 rings (SSSR count). The first-order valence-corrected chi connectivity index (χ1v) is 10.8. The number of anilines is 1. The molecule has 1 fully saturated rings. The number of para-hydroxylation sites is 2. The first-order valence-electron chi connectivity index (χ1n) is 10.8. The maximum Gasteiger partial charge on any atom is 0.191 e. The van der Waals surface area contributed by atoms with E-state index < -0.39 is 0 Å². The summed E-state index contributed by atoms with van der Waals surface area (Å²) < 4.78 is 16.3. The van der Waals surface area contributed by atoms with E-state index in [0.29, 0.717) is 12.6 Å². The van der Waals surface area contributed by atoms with Crippen molar-refractivity contribution in [1.82, 2.24) is 10.6 Å². The molecule has 2 N–H and O–H groups in total. The van der Waals surface area contributed by atoms with Gasteiger partial charge in [-0.3, -0.25) is 4.99 Å². The monoisotopic (exact) mass is 554 g/mol. The minimum Gasteiger partial charge on any atom is -0.497 e. The fourth-order valence-electron chi connectivity index (χ4n) is 3.87. The highest BCUT2D eigenvalue weighted by molar-refractivity contribution is 14.0. The molecule has 0 aliphatic carbocycles. The number of hydrogen-bond acceptors (Lipinski definition) is 5. The van der Waals surface area contributed by atoms with Gasteiger partial charge in [-0.2, -0.15) is 0 Å². The topological polar surface area (TPSA) is 67.4 Å². The van der Waals surface area contributed by atoms with Crippen LogP contribution in [-0.4, -0.2) is 59.5 Å². The number of aliphatic imine (C=N–C) groups is 1. The van der Waals surface area contributed by atoms with Crippen LogP contribution in [0.15, 0.2) is 47.5 Å². The highest BCUT2D eigenvalue weighted by atomic mass is 127. The summed E-state index contributed by atoms with van der Waals surface area (Å²) in [6.45, 7) is 5.45. The Hall–Kier alpha value is -2.36. The van der Waals surface area contributed by atoms with Gasteiger partial charge in [-0.25, -0.2) is 0 Å². The quantitative estimate of drug-likeness (QED) is 0.280. The maximum atomic E-state index is 5.53. The van der Waals surface area contributed by atoms with E-state index in [9.17, 15) is 0 Å². The summed E-state index contributed by atoms with van der Waals surface area (Å²) in [6.07, 6.45) is 1.82. The number of ether oxygens (including phenoxy) is 3. The highest BCUT2D eigenvalue weighted by Crippen LogP contribution is 2.30. The molecule has 1 aliphatic rings. The standard InChI is InChI=1S/C24H34N4O3.HI/c1-5-25-24(26-14-12-18-16-20(29-2)10-11-22(18)30-3)27-19-13-15-28(17-19)21-8-6-7-9-23(21)31-4;/h6-11,16,19H,5,12-15,17H2,1-4H3,(H2,25,26,27);1H. The number of nitrogens with one attached hydrogen (secondary N) is 2. The van der Waals surface area contributed by atoms with Crippen LogP contribution in [0, 0.1) is 0 Å². The molecule has 0 amide bonds. The van der Waals surface area contributed by atoms with E-state index in [1.807, 2.05) is 30.3 Å². The second-order valence-electron chi connectivity index (χ2n) is 7.44. The summed E-state index contributed by atoms with van der Waals surface area (Å²) in [4.78, 5) is 7.15. The second-order valence-corrected chi connectivity index (χ2v) is 7.44. The Kier molecular flexibility index (Phi) is 10.7. The van der Waals surface area contributed by atoms with Gasteiger partial charge in [0.15, 0.2) is 5.96 Å². The van der Waals surface area contributed by atoms with Gasteiger partial charge < -0.3 is 29.7 Å². The Balaban J connectivity index is 0.00000363. The van der Waals surface area contributed by atoms with Crippen molar-refractivity contribution in [2.75, 3.05) is 52.4 Å². The number of nitrogens with zero attached hydrogens (tertiary/aromatic N) is 2. The van der Waals surface area contributed by atoms with E-state index >= 15 is 0 Å². The fourth-order valence-corrected chi connectivity index (χ4v) is 3.87. The third-order valence-corrected chi connectivity index (χ3v) is 5.44. The molecule has 32 heavy (non-hydrogen) atoms. The minimum atomic E-state index is 0. The third kappa shape index (κ3) is 6.82. The predicted molar refractivity (Wildman–Crippen MR) is 141 cm³/mol. The van der Waals surface area contributed by atoms with E-state index in [1.165, 1.54) is 0 Å². The lowest BCUT2D eigenvalue weighted by molar-refractivity contribution is 0.399. The van der Waals surface area contributed by atoms with Crippen LogP contribution in [0.1, 0.15) is 18.9 Å². The second kappa shape index (κ2) is 13.2. The maximum absolute atomic E-state index is 5.53. The smallest absolute Gasteiger partial charge is 0.191 e. The van der Waals surface area contributed by atoms with Gasteiger partial charge in [-0.1, -0.05) is 12.1 Å². The van der Waals surface area contributed by atoms with Crippen LogP contribution in [-0.2, 0) is 6.42 Å². The summed E-state index contributed by atoms with van der Waals surface area (Å²) in [5, 5.41) is 6.96. The van der Waals surface area contributed by atoms with Crippen LogP contribution >= 0.6 is 24.0 Å². The van der Waals surface area contributed by atoms with E-state index in [2.05, 4.69) is 34.6 Å². The molecular formula is C24H35IN4O3. The molecule has 1 aliphatic heterocycles. The lowest BCUT2D eigenvalue weighted by atomic mass is 10.1. The lowest BCUT2D eigenvalue weighted by Crippen LogP contribution is -2.44. The Labute approximate surface area is 208 Å². The summed E-state index contributed by atoms with van der Waals surface area (Å²) in [7, 11) is 5.08. The zero-order valence-electron chi connectivity index (χ0n) is 19.4. The van der Waals surface area contributed by atoms with Crippen molar-refractivity contribution in [2.24, 2.45) is 4.99 Å². The molecular weight excluding hydrogens is 519 g/mol. The zero-order valence-corrected chi connectivity index (χ0v) is 21.7. The van der Waals surface area contributed by atoms with E-state index in [-0.39, 0.29) is 24.0 Å². The molecule has 0 saturated carbocycles. The average molecular weight is 554 g/mol. The number of methoxy groups -OCH3 is 3. The first-order chi connectivity index (χ1) is 15.2. The fraction of sp³-hybridized carbons (Fsp3) is 0.458. The predicted octanol–water partition coefficient (Wildman–Crippen LogP) is 3.71. The lowest BCUT2D eigenvalue weighted by Gasteiger charge is -2.22. The largest absolute Gasteiger partial charge is 0.497 e. The number of benzene rings is 2.